The molecular weight excluding hydrogens is 308 g/mol. The van der Waals surface area contributed by atoms with Gasteiger partial charge in [-0.15, -0.1) is 16.8 Å². The first-order valence-electron chi connectivity index (χ1n) is 7.29. The van der Waals surface area contributed by atoms with Gasteiger partial charge in [0.25, 0.3) is 0 Å². The van der Waals surface area contributed by atoms with Crippen LogP contribution in [0.25, 0.3) is 10.9 Å². The molecule has 0 aliphatic heterocycles. The predicted molar refractivity (Wildman–Crippen MR) is 92.8 cm³/mol. The van der Waals surface area contributed by atoms with E-state index in [1.54, 1.807) is 11.8 Å². The quantitative estimate of drug-likeness (QED) is 0.511. The molecule has 0 fully saturated rings. The molecule has 0 atom stereocenters. The molecule has 6 heteroatoms. The molecule has 3 aromatic rings. The van der Waals surface area contributed by atoms with Gasteiger partial charge < -0.3 is 4.74 Å². The number of aryl methyl sites for hydroxylation is 1. The van der Waals surface area contributed by atoms with Crippen LogP contribution in [0.15, 0.2) is 48.1 Å². The van der Waals surface area contributed by atoms with Crippen LogP contribution in [-0.2, 0) is 13.2 Å². The summed E-state index contributed by atoms with van der Waals surface area (Å²) in [4.78, 5) is 4.58. The molecule has 0 radical (unpaired) electrons. The van der Waals surface area contributed by atoms with Crippen molar-refractivity contribution in [2.45, 2.75) is 25.2 Å². The van der Waals surface area contributed by atoms with E-state index in [4.69, 9.17) is 4.74 Å². The van der Waals surface area contributed by atoms with Crippen LogP contribution >= 0.6 is 11.8 Å². The highest BCUT2D eigenvalue weighted by Gasteiger charge is 2.12. The lowest BCUT2D eigenvalue weighted by atomic mass is 10.2. The van der Waals surface area contributed by atoms with E-state index < -0.39 is 0 Å². The minimum atomic E-state index is 0.343. The van der Waals surface area contributed by atoms with E-state index in [9.17, 15) is 0 Å². The number of pyridine rings is 1. The number of fused-ring (bicyclic) bond motifs is 1. The lowest BCUT2D eigenvalue weighted by molar-refractivity contribution is 0.292. The Kier molecular flexibility index (Phi) is 4.62. The van der Waals surface area contributed by atoms with Crippen molar-refractivity contribution in [2.75, 3.05) is 6.26 Å². The van der Waals surface area contributed by atoms with Crippen molar-refractivity contribution >= 4 is 22.7 Å². The first-order chi connectivity index (χ1) is 11.2. The Hall–Kier alpha value is -2.34. The molecule has 0 aliphatic carbocycles. The summed E-state index contributed by atoms with van der Waals surface area (Å²) in [6, 6.07) is 9.98. The molecule has 2 aromatic heterocycles. The summed E-state index contributed by atoms with van der Waals surface area (Å²) < 4.78 is 7.98. The van der Waals surface area contributed by atoms with E-state index in [1.807, 2.05) is 48.1 Å². The van der Waals surface area contributed by atoms with Gasteiger partial charge in [0.1, 0.15) is 17.9 Å². The van der Waals surface area contributed by atoms with Crippen LogP contribution < -0.4 is 4.74 Å². The molecule has 3 rings (SSSR count). The fourth-order valence-electron chi connectivity index (χ4n) is 2.37. The zero-order chi connectivity index (χ0) is 16.2. The van der Waals surface area contributed by atoms with Gasteiger partial charge in [0.15, 0.2) is 11.0 Å². The third-order valence-corrected chi connectivity index (χ3v) is 4.13. The number of benzene rings is 1. The zero-order valence-electron chi connectivity index (χ0n) is 13.2. The van der Waals surface area contributed by atoms with Crippen molar-refractivity contribution in [3.63, 3.8) is 0 Å². The summed E-state index contributed by atoms with van der Waals surface area (Å²) in [6.45, 7) is 6.76. The molecule has 0 bridgehead atoms. The van der Waals surface area contributed by atoms with E-state index in [0.717, 1.165) is 33.3 Å². The summed E-state index contributed by atoms with van der Waals surface area (Å²) >= 11 is 1.56. The zero-order valence-corrected chi connectivity index (χ0v) is 14.0. The molecule has 0 aliphatic rings. The number of ether oxygens (including phenoxy) is 1. The Bertz CT molecular complexity index is 844. The normalized spacial score (nSPS) is 10.9. The highest BCUT2D eigenvalue weighted by atomic mass is 32.2. The van der Waals surface area contributed by atoms with Crippen molar-refractivity contribution in [3.8, 4) is 5.75 Å². The van der Waals surface area contributed by atoms with E-state index >= 15 is 0 Å². The fraction of sp³-hybridized carbons (Fsp3) is 0.235. The number of thioether (sulfide) groups is 1. The molecule has 0 saturated carbocycles. The molecule has 2 heterocycles. The van der Waals surface area contributed by atoms with Gasteiger partial charge in [-0.2, -0.15) is 0 Å². The highest BCUT2D eigenvalue weighted by Crippen LogP contribution is 2.25. The molecular formula is C17H18N4OS. The highest BCUT2D eigenvalue weighted by molar-refractivity contribution is 7.98. The van der Waals surface area contributed by atoms with Crippen LogP contribution in [0.2, 0.25) is 0 Å². The largest absolute Gasteiger partial charge is 0.483 e. The van der Waals surface area contributed by atoms with Crippen LogP contribution in [0, 0.1) is 6.92 Å². The van der Waals surface area contributed by atoms with Gasteiger partial charge in [-0.25, -0.2) is 4.98 Å². The first kappa shape index (κ1) is 15.6. The summed E-state index contributed by atoms with van der Waals surface area (Å²) in [7, 11) is 0. The summed E-state index contributed by atoms with van der Waals surface area (Å²) in [5.74, 6) is 1.53. The van der Waals surface area contributed by atoms with Crippen LogP contribution in [0.4, 0.5) is 0 Å². The number of aromatic nitrogens is 4. The van der Waals surface area contributed by atoms with Gasteiger partial charge in [-0.3, -0.25) is 4.57 Å². The molecule has 0 spiro atoms. The van der Waals surface area contributed by atoms with Crippen molar-refractivity contribution < 1.29 is 4.74 Å². The van der Waals surface area contributed by atoms with Gasteiger partial charge in [0.05, 0.1) is 0 Å². The third-order valence-electron chi connectivity index (χ3n) is 3.47. The summed E-state index contributed by atoms with van der Waals surface area (Å²) in [5.41, 5.74) is 1.83. The summed E-state index contributed by atoms with van der Waals surface area (Å²) in [5, 5.41) is 10.3. The maximum atomic E-state index is 5.98. The Morgan fingerprint density at radius 3 is 2.91 bits per heavy atom. The smallest absolute Gasteiger partial charge is 0.191 e. The number of allylic oxidation sites excluding steroid dienone is 1. The van der Waals surface area contributed by atoms with Crippen molar-refractivity contribution in [2.24, 2.45) is 0 Å². The minimum Gasteiger partial charge on any atom is -0.483 e. The standard InChI is InChI=1S/C17H18N4OS/c1-4-10-21-15(19-20-17(21)23-3)11-22-14-7-5-6-13-9-8-12(2)18-16(13)14/h4-9H,1,10-11H2,2-3H3. The van der Waals surface area contributed by atoms with Gasteiger partial charge in [0.2, 0.25) is 0 Å². The fourth-order valence-corrected chi connectivity index (χ4v) is 2.89. The van der Waals surface area contributed by atoms with Gasteiger partial charge in [0, 0.05) is 17.6 Å². The summed E-state index contributed by atoms with van der Waals surface area (Å²) in [6.07, 6.45) is 3.81. The Morgan fingerprint density at radius 2 is 2.13 bits per heavy atom. The van der Waals surface area contributed by atoms with Crippen molar-refractivity contribution in [1.82, 2.24) is 19.7 Å². The maximum Gasteiger partial charge on any atom is 0.191 e. The molecule has 5 nitrogen and oxygen atoms in total. The van der Waals surface area contributed by atoms with Crippen LogP contribution in [0.1, 0.15) is 11.5 Å². The lowest BCUT2D eigenvalue weighted by Crippen LogP contribution is -2.07. The Morgan fingerprint density at radius 1 is 1.26 bits per heavy atom. The monoisotopic (exact) mass is 326 g/mol. The number of hydrogen-bond donors (Lipinski definition) is 0. The van der Waals surface area contributed by atoms with Crippen molar-refractivity contribution in [3.05, 3.63) is 54.5 Å². The van der Waals surface area contributed by atoms with Crippen LogP contribution in [0.5, 0.6) is 5.75 Å². The molecule has 0 saturated heterocycles. The van der Waals surface area contributed by atoms with E-state index in [1.165, 1.54) is 0 Å². The Labute approximate surface area is 139 Å². The average molecular weight is 326 g/mol. The molecule has 0 unspecified atom stereocenters. The minimum absolute atomic E-state index is 0.343. The lowest BCUT2D eigenvalue weighted by Gasteiger charge is -2.10. The molecule has 118 valence electrons. The third kappa shape index (κ3) is 3.22. The number of para-hydroxylation sites is 1. The second-order valence-corrected chi connectivity index (χ2v) is 5.84. The average Bonchev–Trinajstić information content (AvgIpc) is 2.95. The second kappa shape index (κ2) is 6.83. The van der Waals surface area contributed by atoms with E-state index in [2.05, 4.69) is 27.8 Å². The van der Waals surface area contributed by atoms with Gasteiger partial charge in [-0.1, -0.05) is 36.0 Å². The SMILES string of the molecule is C=CCn1c(COc2cccc3ccc(C)nc23)nnc1SC. The van der Waals surface area contributed by atoms with Crippen LogP contribution in [0.3, 0.4) is 0 Å². The first-order valence-corrected chi connectivity index (χ1v) is 8.51. The number of rotatable bonds is 6. The molecule has 1 aromatic carbocycles. The van der Waals surface area contributed by atoms with E-state index in [0.29, 0.717) is 13.2 Å². The van der Waals surface area contributed by atoms with Crippen LogP contribution in [-0.4, -0.2) is 26.0 Å². The van der Waals surface area contributed by atoms with Gasteiger partial charge in [-0.05, 0) is 25.3 Å². The number of nitrogens with zero attached hydrogens (tertiary/aromatic N) is 4. The predicted octanol–water partition coefficient (Wildman–Crippen LogP) is 3.62. The topological polar surface area (TPSA) is 52.8 Å². The molecule has 0 N–H and O–H groups in total. The van der Waals surface area contributed by atoms with Crippen molar-refractivity contribution in [1.29, 1.82) is 0 Å². The Balaban J connectivity index is 1.88. The van der Waals surface area contributed by atoms with Gasteiger partial charge >= 0.3 is 0 Å². The molecule has 23 heavy (non-hydrogen) atoms. The molecule has 0 amide bonds. The number of hydrogen-bond acceptors (Lipinski definition) is 5. The second-order valence-electron chi connectivity index (χ2n) is 5.07. The maximum absolute atomic E-state index is 5.98. The van der Waals surface area contributed by atoms with E-state index in [-0.39, 0.29) is 0 Å².